The predicted octanol–water partition coefficient (Wildman–Crippen LogP) is 1.13. The Balaban J connectivity index is 3.36. The summed E-state index contributed by atoms with van der Waals surface area (Å²) < 4.78 is 38.8. The van der Waals surface area contributed by atoms with Crippen molar-refractivity contribution < 1.29 is 17.9 Å². The van der Waals surface area contributed by atoms with Gasteiger partial charge in [-0.1, -0.05) is 0 Å². The maximum Gasteiger partial charge on any atom is 0.401 e. The van der Waals surface area contributed by atoms with Gasteiger partial charge in [0.05, 0.1) is 6.54 Å². The van der Waals surface area contributed by atoms with Crippen LogP contribution in [0.3, 0.4) is 0 Å². The van der Waals surface area contributed by atoms with E-state index in [2.05, 4.69) is 10.1 Å². The molecular formula is C5H10F3NO. The lowest BCUT2D eigenvalue weighted by atomic mass is 10.5. The molecule has 0 saturated heterocycles. The summed E-state index contributed by atoms with van der Waals surface area (Å²) in [5, 5.41) is 2.12. The van der Waals surface area contributed by atoms with E-state index in [1.807, 2.05) is 0 Å². The van der Waals surface area contributed by atoms with E-state index < -0.39 is 18.9 Å². The lowest BCUT2D eigenvalue weighted by Gasteiger charge is -2.12. The van der Waals surface area contributed by atoms with Gasteiger partial charge in [-0.05, 0) is 6.92 Å². The fraction of sp³-hybridized carbons (Fsp3) is 1.00. The average molecular weight is 157 g/mol. The topological polar surface area (TPSA) is 21.3 Å². The summed E-state index contributed by atoms with van der Waals surface area (Å²) in [6, 6.07) is 0. The number of ether oxygens (including phenoxy) is 1. The van der Waals surface area contributed by atoms with Gasteiger partial charge in [0.2, 0.25) is 0 Å². The molecule has 0 rings (SSSR count). The van der Waals surface area contributed by atoms with Crippen LogP contribution in [0.15, 0.2) is 0 Å². The van der Waals surface area contributed by atoms with E-state index in [9.17, 15) is 13.2 Å². The van der Waals surface area contributed by atoms with Crippen molar-refractivity contribution in [3.05, 3.63) is 0 Å². The average Bonchev–Trinajstić information content (AvgIpc) is 1.81. The first-order chi connectivity index (χ1) is 4.45. The number of rotatable bonds is 3. The van der Waals surface area contributed by atoms with Crippen LogP contribution in [0.25, 0.3) is 0 Å². The third kappa shape index (κ3) is 5.84. The molecule has 0 bridgehead atoms. The van der Waals surface area contributed by atoms with Crippen LogP contribution in [0.2, 0.25) is 0 Å². The third-order valence-corrected chi connectivity index (χ3v) is 0.944. The second-order valence-corrected chi connectivity index (χ2v) is 1.87. The summed E-state index contributed by atoms with van der Waals surface area (Å²) in [5.74, 6) is 0. The molecule has 0 aromatic carbocycles. The van der Waals surface area contributed by atoms with Crippen LogP contribution >= 0.6 is 0 Å². The van der Waals surface area contributed by atoms with Gasteiger partial charge in [0, 0.05) is 7.11 Å². The first-order valence-electron chi connectivity index (χ1n) is 2.78. The van der Waals surface area contributed by atoms with Crippen molar-refractivity contribution in [3.8, 4) is 0 Å². The zero-order valence-electron chi connectivity index (χ0n) is 5.83. The van der Waals surface area contributed by atoms with Gasteiger partial charge in [-0.3, -0.25) is 5.32 Å². The molecule has 0 aliphatic heterocycles. The Bertz CT molecular complexity index is 93.4. The molecule has 0 fully saturated rings. The molecule has 0 aliphatic rings. The second kappa shape index (κ2) is 3.78. The Morgan fingerprint density at radius 1 is 1.50 bits per heavy atom. The van der Waals surface area contributed by atoms with Crippen LogP contribution in [0.4, 0.5) is 13.2 Å². The smallest absolute Gasteiger partial charge is 0.367 e. The summed E-state index contributed by atoms with van der Waals surface area (Å²) in [7, 11) is 1.34. The van der Waals surface area contributed by atoms with Crippen LogP contribution in [0.1, 0.15) is 6.92 Å². The van der Waals surface area contributed by atoms with Crippen LogP contribution < -0.4 is 5.32 Å². The first kappa shape index (κ1) is 9.71. The fourth-order valence-electron chi connectivity index (χ4n) is 0.343. The zero-order valence-corrected chi connectivity index (χ0v) is 5.83. The lowest BCUT2D eigenvalue weighted by molar-refractivity contribution is -0.131. The standard InChI is InChI=1S/C5H10F3NO/c1-4(10-2)9-3-5(6,7)8/h4,9H,3H2,1-2H3. The molecule has 2 nitrogen and oxygen atoms in total. The van der Waals surface area contributed by atoms with Crippen molar-refractivity contribution in [2.45, 2.75) is 19.3 Å². The molecule has 0 aromatic rings. The van der Waals surface area contributed by atoms with E-state index in [0.29, 0.717) is 0 Å². The van der Waals surface area contributed by atoms with Crippen LogP contribution in [-0.4, -0.2) is 26.1 Å². The fourth-order valence-corrected chi connectivity index (χ4v) is 0.343. The molecule has 1 unspecified atom stereocenters. The van der Waals surface area contributed by atoms with Crippen LogP contribution in [0, 0.1) is 0 Å². The van der Waals surface area contributed by atoms with Gasteiger partial charge in [0.25, 0.3) is 0 Å². The summed E-state index contributed by atoms with van der Waals surface area (Å²) in [6.07, 6.45) is -4.71. The Labute approximate surface area is 57.4 Å². The Morgan fingerprint density at radius 2 is 2.00 bits per heavy atom. The molecule has 1 atom stereocenters. The van der Waals surface area contributed by atoms with E-state index in [-0.39, 0.29) is 0 Å². The number of nitrogens with one attached hydrogen (secondary N) is 1. The molecule has 0 aromatic heterocycles. The quantitative estimate of drug-likeness (QED) is 0.620. The number of halogens is 3. The summed E-state index contributed by atoms with van der Waals surface area (Å²) in [5.41, 5.74) is 0. The number of alkyl halides is 3. The minimum atomic E-state index is -4.16. The Morgan fingerprint density at radius 3 is 2.30 bits per heavy atom. The van der Waals surface area contributed by atoms with Crippen molar-refractivity contribution >= 4 is 0 Å². The molecule has 0 radical (unpaired) electrons. The maximum absolute atomic E-state index is 11.4. The third-order valence-electron chi connectivity index (χ3n) is 0.944. The van der Waals surface area contributed by atoms with Gasteiger partial charge in [-0.15, -0.1) is 0 Å². The highest BCUT2D eigenvalue weighted by molar-refractivity contribution is 4.55. The Hall–Kier alpha value is -0.290. The van der Waals surface area contributed by atoms with Crippen molar-refractivity contribution in [1.82, 2.24) is 5.32 Å². The number of hydrogen-bond acceptors (Lipinski definition) is 2. The number of hydrogen-bond donors (Lipinski definition) is 1. The minimum absolute atomic E-state index is 0.554. The predicted molar refractivity (Wildman–Crippen MR) is 30.5 cm³/mol. The molecule has 0 spiro atoms. The molecule has 62 valence electrons. The zero-order chi connectivity index (χ0) is 8.20. The molecule has 5 heteroatoms. The number of methoxy groups -OCH3 is 1. The van der Waals surface area contributed by atoms with E-state index in [0.717, 1.165) is 0 Å². The molecule has 0 saturated carbocycles. The first-order valence-corrected chi connectivity index (χ1v) is 2.78. The molecule has 0 amide bonds. The SMILES string of the molecule is COC(C)NCC(F)(F)F. The van der Waals surface area contributed by atoms with E-state index in [1.165, 1.54) is 14.0 Å². The van der Waals surface area contributed by atoms with Crippen molar-refractivity contribution in [1.29, 1.82) is 0 Å². The summed E-state index contributed by atoms with van der Waals surface area (Å²) >= 11 is 0. The van der Waals surface area contributed by atoms with Crippen LogP contribution in [-0.2, 0) is 4.74 Å². The van der Waals surface area contributed by atoms with E-state index >= 15 is 0 Å². The Kier molecular flexibility index (Phi) is 3.67. The monoisotopic (exact) mass is 157 g/mol. The van der Waals surface area contributed by atoms with Crippen molar-refractivity contribution in [2.75, 3.05) is 13.7 Å². The lowest BCUT2D eigenvalue weighted by Crippen LogP contribution is -2.36. The van der Waals surface area contributed by atoms with Crippen molar-refractivity contribution in [2.24, 2.45) is 0 Å². The molecule has 10 heavy (non-hydrogen) atoms. The van der Waals surface area contributed by atoms with Gasteiger partial charge < -0.3 is 4.74 Å². The molecule has 0 heterocycles. The highest BCUT2D eigenvalue weighted by Crippen LogP contribution is 2.12. The summed E-state index contributed by atoms with van der Waals surface area (Å²) in [4.78, 5) is 0. The highest BCUT2D eigenvalue weighted by Gasteiger charge is 2.26. The molecule has 0 aliphatic carbocycles. The minimum Gasteiger partial charge on any atom is -0.367 e. The molecule has 1 N–H and O–H groups in total. The van der Waals surface area contributed by atoms with Crippen LogP contribution in [0.5, 0.6) is 0 Å². The second-order valence-electron chi connectivity index (χ2n) is 1.87. The normalized spacial score (nSPS) is 15.3. The van der Waals surface area contributed by atoms with Crippen molar-refractivity contribution in [3.63, 3.8) is 0 Å². The maximum atomic E-state index is 11.4. The van der Waals surface area contributed by atoms with Gasteiger partial charge in [-0.25, -0.2) is 0 Å². The molecular weight excluding hydrogens is 147 g/mol. The van der Waals surface area contributed by atoms with Gasteiger partial charge in [0.1, 0.15) is 6.23 Å². The largest absolute Gasteiger partial charge is 0.401 e. The van der Waals surface area contributed by atoms with E-state index in [4.69, 9.17) is 0 Å². The van der Waals surface area contributed by atoms with Gasteiger partial charge in [-0.2, -0.15) is 13.2 Å². The van der Waals surface area contributed by atoms with E-state index in [1.54, 1.807) is 0 Å². The van der Waals surface area contributed by atoms with Gasteiger partial charge >= 0.3 is 6.18 Å². The summed E-state index contributed by atoms with van der Waals surface area (Å²) in [6.45, 7) is 0.494. The van der Waals surface area contributed by atoms with Gasteiger partial charge in [0.15, 0.2) is 0 Å². The highest BCUT2D eigenvalue weighted by atomic mass is 19.4.